The molecule has 5 heteroatoms. The molecule has 0 aliphatic heterocycles. The van der Waals surface area contributed by atoms with Gasteiger partial charge in [0.2, 0.25) is 0 Å². The Hall–Kier alpha value is 1.01. The fourth-order valence-corrected chi connectivity index (χ4v) is 0.354. The summed E-state index contributed by atoms with van der Waals surface area (Å²) < 4.78 is 0. The summed E-state index contributed by atoms with van der Waals surface area (Å²) in [5, 5.41) is 29.9. The van der Waals surface area contributed by atoms with Crippen LogP contribution in [0.5, 0.6) is 0 Å². The van der Waals surface area contributed by atoms with Crippen molar-refractivity contribution < 1.29 is 15.3 Å². The van der Waals surface area contributed by atoms with E-state index in [1.165, 1.54) is 17.9 Å². The van der Waals surface area contributed by atoms with Gasteiger partial charge in [0.1, 0.15) is 0 Å². The molecule has 0 aromatic rings. The van der Waals surface area contributed by atoms with Crippen molar-refractivity contribution in [1.29, 1.82) is 0 Å². The van der Waals surface area contributed by atoms with Crippen molar-refractivity contribution in [2.24, 2.45) is 0 Å². The quantitative estimate of drug-likeness (QED) is 0.674. The number of hydrogen-bond donors (Lipinski definition) is 0. The van der Waals surface area contributed by atoms with E-state index in [0.717, 1.165) is 0 Å². The molecular weight excluding hydrogens is 238 g/mol. The summed E-state index contributed by atoms with van der Waals surface area (Å²) in [6.45, 7) is 11.9. The molecule has 0 saturated carbocycles. The van der Waals surface area contributed by atoms with Crippen molar-refractivity contribution in [2.75, 3.05) is 0 Å². The predicted octanol–water partition coefficient (Wildman–Crippen LogP) is 0.258. The van der Waals surface area contributed by atoms with Crippen molar-refractivity contribution in [2.45, 2.75) is 84.7 Å². The number of hydrogen-bond acceptors (Lipinski definition) is 3. The summed E-state index contributed by atoms with van der Waals surface area (Å²) in [4.78, 5) is 0. The van der Waals surface area contributed by atoms with Gasteiger partial charge in [-0.05, 0) is 0 Å². The summed E-state index contributed by atoms with van der Waals surface area (Å²) in [5.41, 5.74) is 0. The van der Waals surface area contributed by atoms with E-state index in [1.54, 1.807) is 41.5 Å². The second-order valence-electron chi connectivity index (χ2n) is 4.50. The third kappa shape index (κ3) is 481. The second kappa shape index (κ2) is 30.8. The third-order valence-electron chi connectivity index (χ3n) is 0.707. The van der Waals surface area contributed by atoms with Crippen LogP contribution in [0, 0.1) is 0 Å². The fraction of sp³-hybridized carbons (Fsp3) is 1.00. The van der Waals surface area contributed by atoms with E-state index in [9.17, 15) is 15.3 Å². The van der Waals surface area contributed by atoms with Crippen molar-refractivity contribution in [1.82, 2.24) is 0 Å². The Morgan fingerprint density at radius 1 is 0.778 bits per heavy atom. The van der Waals surface area contributed by atoms with E-state index in [4.69, 9.17) is 0 Å². The van der Waals surface area contributed by atoms with Gasteiger partial charge in [0.15, 0.2) is 0 Å². The predicted molar refractivity (Wildman–Crippen MR) is 76.6 cm³/mol. The van der Waals surface area contributed by atoms with Crippen molar-refractivity contribution in [3.05, 3.63) is 0 Å². The molecule has 0 N–H and O–H groups in total. The molecule has 0 bridgehead atoms. The van der Waals surface area contributed by atoms with Gasteiger partial charge in [-0.1, -0.05) is 41.5 Å². The molecule has 3 nitrogen and oxygen atoms in total. The molecule has 104 valence electrons. The first-order chi connectivity index (χ1) is 7.61. The first-order valence-electron chi connectivity index (χ1n) is 6.59. The molecule has 0 spiro atoms. The van der Waals surface area contributed by atoms with Crippen molar-refractivity contribution in [3.8, 4) is 0 Å². The van der Waals surface area contributed by atoms with Crippen molar-refractivity contribution >= 4 is 35.1 Å². The summed E-state index contributed by atoms with van der Waals surface area (Å²) in [6.07, 6.45) is 1.48. The van der Waals surface area contributed by atoms with Crippen molar-refractivity contribution in [3.63, 3.8) is 0 Å². The maximum absolute atomic E-state index is 9.53. The Labute approximate surface area is 135 Å². The van der Waals surface area contributed by atoms with Crippen LogP contribution in [-0.4, -0.2) is 53.4 Å². The van der Waals surface area contributed by atoms with Crippen LogP contribution in [0.4, 0.5) is 0 Å². The SMILES string of the molecule is CC(C)[O-].CC(C)[O-].CC(C)[O-].[Al+3].[Li][CH2]CCC. The molecule has 0 unspecified atom stereocenters. The van der Waals surface area contributed by atoms with Crippen LogP contribution in [0.3, 0.4) is 0 Å². The van der Waals surface area contributed by atoms with Gasteiger partial charge in [0, 0.05) is 0 Å². The molecule has 0 rings (SSSR count). The standard InChI is InChI=1S/C4H9.3C3H7O.Al.Li/c1-3-4-2;3*1-3(2)4;;/h1,3-4H2,2H3;3*3H,1-2H3;;/q;3*-1;+3;. The minimum absolute atomic E-state index is 0. The molecule has 0 aromatic carbocycles. The Balaban J connectivity index is -0.0000000412. The van der Waals surface area contributed by atoms with Gasteiger partial charge in [0.05, 0.1) is 0 Å². The van der Waals surface area contributed by atoms with Crippen LogP contribution in [0.2, 0.25) is 5.09 Å². The Kier molecular flexibility index (Phi) is 53.7. The summed E-state index contributed by atoms with van der Waals surface area (Å²) in [6, 6.07) is 0. The second-order valence-corrected chi connectivity index (χ2v) is 4.50. The van der Waals surface area contributed by atoms with Crippen LogP contribution >= 0.6 is 0 Å². The van der Waals surface area contributed by atoms with Gasteiger partial charge in [-0.2, -0.15) is 0 Å². The zero-order valence-electron chi connectivity index (χ0n) is 13.7. The molecule has 0 radical (unpaired) electrons. The van der Waals surface area contributed by atoms with E-state index in [-0.39, 0.29) is 17.4 Å². The van der Waals surface area contributed by atoms with Gasteiger partial charge in [-0.15, -0.1) is 18.3 Å². The summed E-state index contributed by atoms with van der Waals surface area (Å²) in [5.74, 6) is 0. The summed E-state index contributed by atoms with van der Waals surface area (Å²) >= 11 is 2.21. The minimum atomic E-state index is -0.417. The Morgan fingerprint density at radius 3 is 0.944 bits per heavy atom. The van der Waals surface area contributed by atoms with E-state index in [2.05, 4.69) is 24.6 Å². The Morgan fingerprint density at radius 2 is 0.944 bits per heavy atom. The van der Waals surface area contributed by atoms with Gasteiger partial charge < -0.3 is 15.3 Å². The average Bonchev–Trinajstić information content (AvgIpc) is 2.01. The molecule has 18 heavy (non-hydrogen) atoms. The van der Waals surface area contributed by atoms with Gasteiger partial charge in [0.25, 0.3) is 0 Å². The zero-order chi connectivity index (χ0) is 14.9. The number of rotatable bonds is 2. The van der Waals surface area contributed by atoms with E-state index in [1.807, 2.05) is 0 Å². The average molecular weight is 268 g/mol. The van der Waals surface area contributed by atoms with Gasteiger partial charge in [-0.3, -0.25) is 0 Å². The molecule has 0 atom stereocenters. The summed E-state index contributed by atoms with van der Waals surface area (Å²) in [7, 11) is 0. The molecule has 0 heterocycles. The molecule has 0 saturated heterocycles. The van der Waals surface area contributed by atoms with E-state index in [0.29, 0.717) is 0 Å². The maximum atomic E-state index is 9.53. The number of unbranched alkanes of at least 4 members (excludes halogenated alkanes) is 1. The van der Waals surface area contributed by atoms with Gasteiger partial charge in [-0.25, -0.2) is 0 Å². The monoisotopic (exact) mass is 268 g/mol. The molecular formula is C13H30AlLiO3. The van der Waals surface area contributed by atoms with Crippen LogP contribution < -0.4 is 15.3 Å². The molecule has 0 aromatic heterocycles. The zero-order valence-corrected chi connectivity index (χ0v) is 14.8. The van der Waals surface area contributed by atoms with Gasteiger partial charge >= 0.3 is 59.9 Å². The molecule has 0 aliphatic rings. The fourth-order valence-electron chi connectivity index (χ4n) is 0.354. The third-order valence-corrected chi connectivity index (χ3v) is 0.707. The van der Waals surface area contributed by atoms with Crippen LogP contribution in [0.1, 0.15) is 61.3 Å². The van der Waals surface area contributed by atoms with Crippen LogP contribution in [0.15, 0.2) is 0 Å². The van der Waals surface area contributed by atoms with E-state index >= 15 is 0 Å². The normalized spacial score (nSPS) is 8.39. The topological polar surface area (TPSA) is 69.2 Å². The first kappa shape index (κ1) is 31.4. The first-order valence-corrected chi connectivity index (χ1v) is 6.59. The van der Waals surface area contributed by atoms with Crippen LogP contribution in [0.25, 0.3) is 0 Å². The molecule has 0 aliphatic carbocycles. The molecule has 0 amide bonds. The van der Waals surface area contributed by atoms with E-state index < -0.39 is 18.3 Å². The molecule has 0 fully saturated rings. The Bertz CT molecular complexity index is 77.7. The van der Waals surface area contributed by atoms with Crippen LogP contribution in [-0.2, 0) is 0 Å².